The molecular formula is C17H13N5O6. The van der Waals surface area contributed by atoms with E-state index in [9.17, 15) is 24.0 Å². The number of aromatic nitrogens is 4. The van der Waals surface area contributed by atoms with Crippen LogP contribution in [-0.4, -0.2) is 41.5 Å². The summed E-state index contributed by atoms with van der Waals surface area (Å²) in [7, 11) is 2.75. The largest absolute Gasteiger partial charge is 0.352 e. The van der Waals surface area contributed by atoms with Gasteiger partial charge in [-0.3, -0.25) is 23.5 Å². The number of imidazole rings is 1. The molecule has 0 saturated carbocycles. The molecule has 0 bridgehead atoms. The molecule has 0 aliphatic carbocycles. The van der Waals surface area contributed by atoms with Crippen LogP contribution >= 0.6 is 0 Å². The molecule has 0 fully saturated rings. The monoisotopic (exact) mass is 383 g/mol. The summed E-state index contributed by atoms with van der Waals surface area (Å²) in [5.74, 6) is -2.45. The zero-order chi connectivity index (χ0) is 20.2. The first-order valence-electron chi connectivity index (χ1n) is 8.10. The van der Waals surface area contributed by atoms with Crippen LogP contribution in [-0.2, 0) is 30.3 Å². The molecule has 0 radical (unpaired) electrons. The summed E-state index contributed by atoms with van der Waals surface area (Å²) in [4.78, 5) is 70.1. The fourth-order valence-electron chi connectivity index (χ4n) is 3.04. The van der Waals surface area contributed by atoms with Crippen LogP contribution < -0.4 is 11.2 Å². The number of imide groups is 1. The van der Waals surface area contributed by atoms with Crippen molar-refractivity contribution in [2.45, 2.75) is 6.54 Å². The maximum absolute atomic E-state index is 12.4. The lowest BCUT2D eigenvalue weighted by Crippen LogP contribution is -2.38. The summed E-state index contributed by atoms with van der Waals surface area (Å²) < 4.78 is 3.25. The lowest BCUT2D eigenvalue weighted by molar-refractivity contribution is -0.169. The van der Waals surface area contributed by atoms with Crippen molar-refractivity contribution in [3.8, 4) is 0 Å². The van der Waals surface area contributed by atoms with Crippen molar-refractivity contribution < 1.29 is 19.2 Å². The number of hydrogen-bond donors (Lipinski definition) is 0. The van der Waals surface area contributed by atoms with Crippen molar-refractivity contribution in [3.63, 3.8) is 0 Å². The number of hydrogen-bond acceptors (Lipinski definition) is 7. The van der Waals surface area contributed by atoms with Crippen LogP contribution in [0.3, 0.4) is 0 Å². The van der Waals surface area contributed by atoms with E-state index < -0.39 is 35.6 Å². The molecule has 1 aliphatic heterocycles. The van der Waals surface area contributed by atoms with Gasteiger partial charge in [0, 0.05) is 14.1 Å². The highest BCUT2D eigenvalue weighted by Crippen LogP contribution is 2.22. The van der Waals surface area contributed by atoms with Gasteiger partial charge in [0.15, 0.2) is 11.2 Å². The van der Waals surface area contributed by atoms with Crippen LogP contribution in [0.25, 0.3) is 11.2 Å². The number of carbonyl (C=O) groups is 3. The molecule has 0 N–H and O–H groups in total. The average molecular weight is 383 g/mol. The summed E-state index contributed by atoms with van der Waals surface area (Å²) in [6, 6.07) is 6.09. The molecule has 11 nitrogen and oxygen atoms in total. The van der Waals surface area contributed by atoms with Crippen molar-refractivity contribution in [1.82, 2.24) is 23.7 Å². The Morgan fingerprint density at radius 1 is 1.00 bits per heavy atom. The number of rotatable bonds is 3. The fourth-order valence-corrected chi connectivity index (χ4v) is 3.04. The van der Waals surface area contributed by atoms with E-state index in [0.717, 1.165) is 4.57 Å². The van der Waals surface area contributed by atoms with Crippen LogP contribution in [0.1, 0.15) is 20.7 Å². The minimum atomic E-state index is -0.954. The molecule has 0 spiro atoms. The van der Waals surface area contributed by atoms with Gasteiger partial charge in [0.25, 0.3) is 17.4 Å². The lowest BCUT2D eigenvalue weighted by atomic mass is 10.1. The smallest absolute Gasteiger partial charge is 0.328 e. The number of carbonyl (C=O) groups excluding carboxylic acids is 3. The number of benzene rings is 1. The predicted octanol–water partition coefficient (Wildman–Crippen LogP) is -0.812. The molecule has 4 rings (SSSR count). The minimum absolute atomic E-state index is 0.0175. The molecule has 11 heteroatoms. The first-order valence-corrected chi connectivity index (χ1v) is 8.10. The van der Waals surface area contributed by atoms with Gasteiger partial charge in [-0.1, -0.05) is 17.2 Å². The van der Waals surface area contributed by atoms with E-state index in [1.807, 2.05) is 0 Å². The van der Waals surface area contributed by atoms with Gasteiger partial charge >= 0.3 is 11.7 Å². The zero-order valence-electron chi connectivity index (χ0n) is 14.8. The molecule has 0 unspecified atom stereocenters. The van der Waals surface area contributed by atoms with E-state index in [2.05, 4.69) is 4.98 Å². The molecule has 0 atom stereocenters. The SMILES string of the molecule is Cn1c(=O)c2c(ncn2CC(=O)ON2C(=O)c3ccccc3C2=O)n(C)c1=O. The van der Waals surface area contributed by atoms with Crippen LogP contribution in [0.2, 0.25) is 0 Å². The first kappa shape index (κ1) is 17.4. The Labute approximate surface area is 155 Å². The van der Waals surface area contributed by atoms with E-state index in [0.29, 0.717) is 5.06 Å². The molecule has 0 saturated heterocycles. The quantitative estimate of drug-likeness (QED) is 0.542. The number of amides is 2. The summed E-state index contributed by atoms with van der Waals surface area (Å²) >= 11 is 0. The minimum Gasteiger partial charge on any atom is -0.328 e. The predicted molar refractivity (Wildman–Crippen MR) is 93.2 cm³/mol. The number of hydroxylamine groups is 2. The highest BCUT2D eigenvalue weighted by molar-refractivity contribution is 6.20. The highest BCUT2D eigenvalue weighted by Gasteiger charge is 2.38. The topological polar surface area (TPSA) is 126 Å². The third-order valence-corrected chi connectivity index (χ3v) is 4.47. The van der Waals surface area contributed by atoms with Gasteiger partial charge in [0.05, 0.1) is 17.5 Å². The maximum Gasteiger partial charge on any atom is 0.352 e. The number of aryl methyl sites for hydroxylation is 1. The van der Waals surface area contributed by atoms with Crippen LogP contribution in [0, 0.1) is 0 Å². The number of nitrogens with zero attached hydrogens (tertiary/aromatic N) is 5. The van der Waals surface area contributed by atoms with Crippen molar-refractivity contribution in [2.75, 3.05) is 0 Å². The van der Waals surface area contributed by atoms with Gasteiger partial charge in [-0.2, -0.15) is 0 Å². The Morgan fingerprint density at radius 2 is 1.61 bits per heavy atom. The number of fused-ring (bicyclic) bond motifs is 2. The van der Waals surface area contributed by atoms with E-state index in [1.165, 1.54) is 41.7 Å². The van der Waals surface area contributed by atoms with Gasteiger partial charge < -0.3 is 9.40 Å². The Balaban J connectivity index is 1.63. The second-order valence-electron chi connectivity index (χ2n) is 6.16. The Kier molecular flexibility index (Phi) is 3.73. The third kappa shape index (κ3) is 2.36. The van der Waals surface area contributed by atoms with Gasteiger partial charge in [-0.05, 0) is 12.1 Å². The third-order valence-electron chi connectivity index (χ3n) is 4.47. The van der Waals surface area contributed by atoms with Crippen molar-refractivity contribution in [1.29, 1.82) is 0 Å². The fraction of sp³-hybridized carbons (Fsp3) is 0.176. The second kappa shape index (κ2) is 6.01. The van der Waals surface area contributed by atoms with Crippen molar-refractivity contribution in [2.24, 2.45) is 14.1 Å². The Morgan fingerprint density at radius 3 is 2.21 bits per heavy atom. The molecule has 1 aliphatic rings. The van der Waals surface area contributed by atoms with Crippen molar-refractivity contribution in [3.05, 3.63) is 62.6 Å². The van der Waals surface area contributed by atoms with Crippen LogP contribution in [0.4, 0.5) is 0 Å². The first-order chi connectivity index (χ1) is 13.3. The highest BCUT2D eigenvalue weighted by atomic mass is 16.7. The Hall–Kier alpha value is -4.02. The molecule has 28 heavy (non-hydrogen) atoms. The zero-order valence-corrected chi connectivity index (χ0v) is 14.8. The molecular weight excluding hydrogens is 370 g/mol. The lowest BCUT2D eigenvalue weighted by Gasteiger charge is -2.13. The molecule has 2 amide bonds. The van der Waals surface area contributed by atoms with Crippen LogP contribution in [0.5, 0.6) is 0 Å². The Bertz CT molecular complexity index is 1260. The van der Waals surface area contributed by atoms with E-state index in [-0.39, 0.29) is 22.3 Å². The molecule has 1 aromatic carbocycles. The summed E-state index contributed by atoms with van der Waals surface area (Å²) in [6.07, 6.45) is 1.20. The molecule has 3 aromatic rings. The standard InChI is InChI=1S/C17H13N5O6/c1-19-13-12(16(26)20(2)17(19)27)21(8-18-13)7-11(23)28-22-14(24)9-5-3-4-6-10(9)15(22)25/h3-6,8H,7H2,1-2H3. The average Bonchev–Trinajstić information content (AvgIpc) is 3.20. The molecule has 142 valence electrons. The maximum atomic E-state index is 12.4. The van der Waals surface area contributed by atoms with Crippen molar-refractivity contribution >= 4 is 28.9 Å². The van der Waals surface area contributed by atoms with Crippen LogP contribution in [0.15, 0.2) is 40.2 Å². The summed E-state index contributed by atoms with van der Waals surface area (Å²) in [6.45, 7) is -0.489. The van der Waals surface area contributed by atoms with E-state index in [1.54, 1.807) is 12.1 Å². The van der Waals surface area contributed by atoms with Gasteiger partial charge in [-0.25, -0.2) is 14.6 Å². The van der Waals surface area contributed by atoms with Gasteiger partial charge in [0.1, 0.15) is 6.54 Å². The van der Waals surface area contributed by atoms with E-state index >= 15 is 0 Å². The molecule has 3 heterocycles. The molecule has 2 aromatic heterocycles. The van der Waals surface area contributed by atoms with Gasteiger partial charge in [0.2, 0.25) is 0 Å². The summed E-state index contributed by atoms with van der Waals surface area (Å²) in [5.41, 5.74) is -0.805. The summed E-state index contributed by atoms with van der Waals surface area (Å²) in [5, 5.41) is 0.389. The van der Waals surface area contributed by atoms with E-state index in [4.69, 9.17) is 4.84 Å². The van der Waals surface area contributed by atoms with Gasteiger partial charge in [-0.15, -0.1) is 0 Å². The second-order valence-corrected chi connectivity index (χ2v) is 6.16. The normalized spacial score (nSPS) is 13.3.